The molecule has 0 saturated heterocycles. The van der Waals surface area contributed by atoms with Gasteiger partial charge >= 0.3 is 0 Å². The Balaban J connectivity index is 0.000000135. The van der Waals surface area contributed by atoms with E-state index in [1.54, 1.807) is 0 Å². The largest absolute Gasteiger partial charge is 0.392 e. The fourth-order valence-corrected chi connectivity index (χ4v) is 6.97. The first-order valence-electron chi connectivity index (χ1n) is 12.5. The molecule has 2 heteroatoms. The molecular formula is C30H36O2. The van der Waals surface area contributed by atoms with Gasteiger partial charge in [-0.1, -0.05) is 62.4 Å². The molecule has 0 bridgehead atoms. The van der Waals surface area contributed by atoms with Gasteiger partial charge in [-0.3, -0.25) is 0 Å². The third-order valence-electron chi connectivity index (χ3n) is 8.56. The Morgan fingerprint density at radius 3 is 1.47 bits per heavy atom. The van der Waals surface area contributed by atoms with Gasteiger partial charge < -0.3 is 10.2 Å². The van der Waals surface area contributed by atoms with E-state index < -0.39 is 0 Å². The van der Waals surface area contributed by atoms with Gasteiger partial charge in [0.2, 0.25) is 0 Å². The second kappa shape index (κ2) is 9.00. The minimum Gasteiger partial charge on any atom is -0.392 e. The lowest BCUT2D eigenvalue weighted by Gasteiger charge is -2.25. The lowest BCUT2D eigenvalue weighted by atomic mass is 9.80. The summed E-state index contributed by atoms with van der Waals surface area (Å²) in [6.45, 7) is 5.15. The van der Waals surface area contributed by atoms with E-state index in [9.17, 15) is 10.2 Å². The minimum atomic E-state index is 0.243. The topological polar surface area (TPSA) is 40.5 Å². The predicted molar refractivity (Wildman–Crippen MR) is 132 cm³/mol. The Hall–Kier alpha value is -2.16. The molecule has 0 aliphatic heterocycles. The molecule has 4 aliphatic carbocycles. The molecule has 6 rings (SSSR count). The first-order valence-corrected chi connectivity index (χ1v) is 12.5. The average Bonchev–Trinajstić information content (AvgIpc) is 3.32. The van der Waals surface area contributed by atoms with Crippen molar-refractivity contribution in [3.63, 3.8) is 0 Å². The summed E-state index contributed by atoms with van der Waals surface area (Å²) in [6, 6.07) is 17.4. The molecule has 0 amide bonds. The van der Waals surface area contributed by atoms with E-state index in [0.717, 1.165) is 12.8 Å². The second-order valence-electron chi connectivity index (χ2n) is 10.1. The van der Waals surface area contributed by atoms with E-state index in [-0.39, 0.29) is 13.2 Å². The second-order valence-corrected chi connectivity index (χ2v) is 10.1. The summed E-state index contributed by atoms with van der Waals surface area (Å²) in [7, 11) is 0. The maximum absolute atomic E-state index is 9.49. The first kappa shape index (κ1) is 21.7. The van der Waals surface area contributed by atoms with Crippen LogP contribution in [0.4, 0.5) is 0 Å². The fraction of sp³-hybridized carbons (Fsp3) is 0.467. The van der Waals surface area contributed by atoms with Gasteiger partial charge in [0, 0.05) is 0 Å². The van der Waals surface area contributed by atoms with Crippen molar-refractivity contribution in [2.45, 2.75) is 64.2 Å². The highest BCUT2D eigenvalue weighted by molar-refractivity contribution is 5.80. The maximum Gasteiger partial charge on any atom is 0.0647 e. The van der Waals surface area contributed by atoms with Crippen LogP contribution in [0.1, 0.15) is 86.5 Å². The van der Waals surface area contributed by atoms with Crippen LogP contribution in [0.2, 0.25) is 0 Å². The van der Waals surface area contributed by atoms with Gasteiger partial charge in [0.05, 0.1) is 13.2 Å². The van der Waals surface area contributed by atoms with Gasteiger partial charge in [0.25, 0.3) is 0 Å². The molecule has 0 saturated carbocycles. The van der Waals surface area contributed by atoms with Crippen LogP contribution in [0.3, 0.4) is 0 Å². The summed E-state index contributed by atoms with van der Waals surface area (Å²) in [5.74, 6) is 2.59. The molecule has 4 aliphatic rings. The van der Waals surface area contributed by atoms with Crippen molar-refractivity contribution < 1.29 is 10.2 Å². The number of rotatable bonds is 2. The number of fused-ring (bicyclic) bond motifs is 6. The normalized spacial score (nSPS) is 27.9. The Morgan fingerprint density at radius 1 is 0.656 bits per heavy atom. The van der Waals surface area contributed by atoms with Crippen molar-refractivity contribution in [1.29, 1.82) is 0 Å². The van der Waals surface area contributed by atoms with Gasteiger partial charge in [-0.25, -0.2) is 0 Å². The van der Waals surface area contributed by atoms with Gasteiger partial charge in [-0.05, 0) is 107 Å². The Labute approximate surface area is 192 Å². The number of allylic oxidation sites excluding steroid dienone is 2. The number of hydrogen-bond acceptors (Lipinski definition) is 2. The van der Waals surface area contributed by atoms with Crippen LogP contribution in [-0.2, 0) is 0 Å². The summed E-state index contributed by atoms with van der Waals surface area (Å²) in [5.41, 5.74) is 11.3. The molecule has 0 aromatic heterocycles. The van der Waals surface area contributed by atoms with E-state index in [4.69, 9.17) is 0 Å². The standard InChI is InChI=1S/2C15H18O/c2*1-10-12-6-2-3-7-14(12)15-11(9-16)5-4-8-13(10)15/h2*2-3,6-7,10,13,16H,4-5,8-9H2,1H3/t2*10-,13+/m11/s1. The summed E-state index contributed by atoms with van der Waals surface area (Å²) in [5, 5.41) is 19.0. The number of benzene rings is 2. The van der Waals surface area contributed by atoms with E-state index in [1.165, 1.54) is 70.2 Å². The predicted octanol–water partition coefficient (Wildman–Crippen LogP) is 6.70. The van der Waals surface area contributed by atoms with Gasteiger partial charge in [-0.2, -0.15) is 0 Å². The molecule has 0 radical (unpaired) electrons. The van der Waals surface area contributed by atoms with Crippen molar-refractivity contribution in [3.8, 4) is 0 Å². The summed E-state index contributed by atoms with van der Waals surface area (Å²) in [4.78, 5) is 0. The van der Waals surface area contributed by atoms with Crippen LogP contribution in [-0.4, -0.2) is 23.4 Å². The van der Waals surface area contributed by atoms with E-state index >= 15 is 0 Å². The number of hydrogen-bond donors (Lipinski definition) is 2. The van der Waals surface area contributed by atoms with E-state index in [2.05, 4.69) is 62.4 Å². The Bertz CT molecular complexity index is 975. The molecule has 168 valence electrons. The lowest BCUT2D eigenvalue weighted by molar-refractivity contribution is 0.319. The minimum absolute atomic E-state index is 0.243. The molecule has 2 nitrogen and oxygen atoms in total. The van der Waals surface area contributed by atoms with Gasteiger partial charge in [0.15, 0.2) is 0 Å². The van der Waals surface area contributed by atoms with Crippen molar-refractivity contribution in [2.24, 2.45) is 11.8 Å². The third-order valence-corrected chi connectivity index (χ3v) is 8.56. The van der Waals surface area contributed by atoms with Crippen LogP contribution >= 0.6 is 0 Å². The van der Waals surface area contributed by atoms with Crippen LogP contribution < -0.4 is 0 Å². The zero-order valence-corrected chi connectivity index (χ0v) is 19.5. The van der Waals surface area contributed by atoms with Crippen molar-refractivity contribution in [1.82, 2.24) is 0 Å². The zero-order chi connectivity index (χ0) is 22.2. The average molecular weight is 429 g/mol. The smallest absolute Gasteiger partial charge is 0.0647 e. The molecule has 0 unspecified atom stereocenters. The summed E-state index contributed by atoms with van der Waals surface area (Å²) < 4.78 is 0. The monoisotopic (exact) mass is 428 g/mol. The zero-order valence-electron chi connectivity index (χ0n) is 19.5. The number of aliphatic hydroxyl groups is 2. The highest BCUT2D eigenvalue weighted by Crippen LogP contribution is 2.53. The third kappa shape index (κ3) is 3.49. The van der Waals surface area contributed by atoms with E-state index in [0.29, 0.717) is 23.7 Å². The quantitative estimate of drug-likeness (QED) is 0.559. The lowest BCUT2D eigenvalue weighted by Crippen LogP contribution is -2.12. The molecular weight excluding hydrogens is 392 g/mol. The molecule has 4 atom stereocenters. The molecule has 32 heavy (non-hydrogen) atoms. The highest BCUT2D eigenvalue weighted by Gasteiger charge is 2.37. The van der Waals surface area contributed by atoms with Crippen LogP contribution in [0.25, 0.3) is 11.1 Å². The summed E-state index contributed by atoms with van der Waals surface area (Å²) >= 11 is 0. The first-order chi connectivity index (χ1) is 15.7. The highest BCUT2D eigenvalue weighted by atomic mass is 16.3. The maximum atomic E-state index is 9.49. The fourth-order valence-electron chi connectivity index (χ4n) is 6.97. The van der Waals surface area contributed by atoms with Crippen LogP contribution in [0.5, 0.6) is 0 Å². The molecule has 0 spiro atoms. The molecule has 2 aromatic rings. The van der Waals surface area contributed by atoms with Crippen LogP contribution in [0, 0.1) is 11.8 Å². The van der Waals surface area contributed by atoms with Crippen molar-refractivity contribution >= 4 is 11.1 Å². The molecule has 0 fully saturated rings. The molecule has 0 heterocycles. The molecule has 2 N–H and O–H groups in total. The van der Waals surface area contributed by atoms with Crippen molar-refractivity contribution in [3.05, 3.63) is 81.9 Å². The Kier molecular flexibility index (Phi) is 6.09. The SMILES string of the molecule is C[C@@H]1c2ccccc2C2=C(CO)CCC[C@H]21.C[C@@H]1c2ccccc2C2=C(CO)CCC[C@H]21. The van der Waals surface area contributed by atoms with Gasteiger partial charge in [-0.15, -0.1) is 0 Å². The Morgan fingerprint density at radius 2 is 1.06 bits per heavy atom. The van der Waals surface area contributed by atoms with Crippen molar-refractivity contribution in [2.75, 3.05) is 13.2 Å². The van der Waals surface area contributed by atoms with Gasteiger partial charge in [0.1, 0.15) is 0 Å². The number of aliphatic hydroxyl groups excluding tert-OH is 2. The molecule has 2 aromatic carbocycles. The summed E-state index contributed by atoms with van der Waals surface area (Å²) in [6.07, 6.45) is 7.22. The van der Waals surface area contributed by atoms with Crippen LogP contribution in [0.15, 0.2) is 59.7 Å². The van der Waals surface area contributed by atoms with E-state index in [1.807, 2.05) is 0 Å².